The first-order valence-corrected chi connectivity index (χ1v) is 9.43. The Hall–Kier alpha value is -2.44. The van der Waals surface area contributed by atoms with E-state index in [1.165, 1.54) is 0 Å². The third-order valence-electron chi connectivity index (χ3n) is 3.84. The van der Waals surface area contributed by atoms with Gasteiger partial charge in [-0.05, 0) is 64.8 Å². The first-order chi connectivity index (χ1) is 12.9. The third kappa shape index (κ3) is 8.06. The zero-order valence-electron chi connectivity index (χ0n) is 18.1. The van der Waals surface area contributed by atoms with Crippen LogP contribution in [-0.2, 0) is 14.3 Å². The van der Waals surface area contributed by atoms with E-state index in [4.69, 9.17) is 18.9 Å². The standard InChI is InChI=1S/C21H33NO6/c1-13(2)18(15(4)26-17-11-9-16(25-8)10-12-17)27-19(23)14(3)22-20(24)28-21(5,6)7/h9-15,18H,1-8H3,(H,22,24)/t14-,15-,18-/m0/s1. The summed E-state index contributed by atoms with van der Waals surface area (Å²) in [5.41, 5.74) is -0.644. The van der Waals surface area contributed by atoms with Crippen molar-refractivity contribution in [2.24, 2.45) is 5.92 Å². The Morgan fingerprint density at radius 2 is 1.50 bits per heavy atom. The second-order valence-corrected chi connectivity index (χ2v) is 8.01. The highest BCUT2D eigenvalue weighted by atomic mass is 16.6. The quantitative estimate of drug-likeness (QED) is 0.671. The van der Waals surface area contributed by atoms with Gasteiger partial charge in [0, 0.05) is 0 Å². The molecule has 7 nitrogen and oxygen atoms in total. The summed E-state index contributed by atoms with van der Waals surface area (Å²) in [6.07, 6.45) is -1.54. The molecule has 0 saturated heterocycles. The molecule has 0 aliphatic heterocycles. The van der Waals surface area contributed by atoms with Gasteiger partial charge in [-0.3, -0.25) is 0 Å². The van der Waals surface area contributed by atoms with Crippen LogP contribution in [-0.4, -0.2) is 43.0 Å². The van der Waals surface area contributed by atoms with Crippen LogP contribution >= 0.6 is 0 Å². The maximum absolute atomic E-state index is 12.4. The van der Waals surface area contributed by atoms with Gasteiger partial charge in [-0.2, -0.15) is 0 Å². The SMILES string of the molecule is COc1ccc(O[C@@H](C)[C@@H](OC(=O)[C@H](C)NC(=O)OC(C)(C)C)C(C)C)cc1. The van der Waals surface area contributed by atoms with Gasteiger partial charge in [0.15, 0.2) is 0 Å². The minimum Gasteiger partial charge on any atom is -0.497 e. The lowest BCUT2D eigenvalue weighted by atomic mass is 10.0. The van der Waals surface area contributed by atoms with Crippen LogP contribution in [0.5, 0.6) is 11.5 Å². The largest absolute Gasteiger partial charge is 0.497 e. The molecular formula is C21H33NO6. The highest BCUT2D eigenvalue weighted by Crippen LogP contribution is 2.22. The molecule has 0 spiro atoms. The van der Waals surface area contributed by atoms with E-state index in [9.17, 15) is 9.59 Å². The van der Waals surface area contributed by atoms with E-state index in [1.54, 1.807) is 59.1 Å². The van der Waals surface area contributed by atoms with E-state index in [1.807, 2.05) is 20.8 Å². The molecule has 158 valence electrons. The minimum absolute atomic E-state index is 0.0194. The average molecular weight is 395 g/mol. The highest BCUT2D eigenvalue weighted by Gasteiger charge is 2.30. The Morgan fingerprint density at radius 1 is 0.964 bits per heavy atom. The van der Waals surface area contributed by atoms with Crippen molar-refractivity contribution in [1.82, 2.24) is 5.32 Å². The Labute approximate surface area is 167 Å². The van der Waals surface area contributed by atoms with Crippen molar-refractivity contribution < 1.29 is 28.5 Å². The van der Waals surface area contributed by atoms with Crippen molar-refractivity contribution in [3.05, 3.63) is 24.3 Å². The molecule has 7 heteroatoms. The number of amides is 1. The van der Waals surface area contributed by atoms with Crippen LogP contribution < -0.4 is 14.8 Å². The molecule has 1 amide bonds. The molecule has 0 heterocycles. The molecule has 1 N–H and O–H groups in total. The van der Waals surface area contributed by atoms with Gasteiger partial charge in [0.1, 0.15) is 35.3 Å². The average Bonchev–Trinajstić information content (AvgIpc) is 2.57. The molecule has 1 aromatic rings. The van der Waals surface area contributed by atoms with E-state index in [0.717, 1.165) is 5.75 Å². The molecular weight excluding hydrogens is 362 g/mol. The molecule has 0 unspecified atom stereocenters. The third-order valence-corrected chi connectivity index (χ3v) is 3.84. The normalized spacial score (nSPS) is 14.6. The van der Waals surface area contributed by atoms with E-state index in [-0.39, 0.29) is 12.0 Å². The fraction of sp³-hybridized carbons (Fsp3) is 0.619. The van der Waals surface area contributed by atoms with Gasteiger partial charge in [-0.25, -0.2) is 9.59 Å². The predicted molar refractivity (Wildman–Crippen MR) is 107 cm³/mol. The topological polar surface area (TPSA) is 83.1 Å². The fourth-order valence-electron chi connectivity index (χ4n) is 2.49. The number of methoxy groups -OCH3 is 1. The molecule has 0 aliphatic carbocycles. The second kappa shape index (κ2) is 10.2. The predicted octanol–water partition coefficient (Wildman–Crippen LogP) is 3.94. The first-order valence-electron chi connectivity index (χ1n) is 9.43. The van der Waals surface area contributed by atoms with Crippen LogP contribution in [0.25, 0.3) is 0 Å². The zero-order valence-corrected chi connectivity index (χ0v) is 18.1. The molecule has 1 rings (SSSR count). The van der Waals surface area contributed by atoms with Gasteiger partial charge in [-0.1, -0.05) is 13.8 Å². The number of esters is 1. The van der Waals surface area contributed by atoms with Gasteiger partial charge in [0.2, 0.25) is 0 Å². The number of hydrogen-bond acceptors (Lipinski definition) is 6. The van der Waals surface area contributed by atoms with Crippen molar-refractivity contribution >= 4 is 12.1 Å². The molecule has 0 fully saturated rings. The van der Waals surface area contributed by atoms with Crippen molar-refractivity contribution in [2.75, 3.05) is 7.11 Å². The van der Waals surface area contributed by atoms with Crippen molar-refractivity contribution in [2.45, 2.75) is 72.3 Å². The van der Waals surface area contributed by atoms with Crippen molar-refractivity contribution in [1.29, 1.82) is 0 Å². The van der Waals surface area contributed by atoms with E-state index in [0.29, 0.717) is 5.75 Å². The summed E-state index contributed by atoms with van der Waals surface area (Å²) < 4.78 is 21.8. The van der Waals surface area contributed by atoms with Crippen molar-refractivity contribution in [3.63, 3.8) is 0 Å². The van der Waals surface area contributed by atoms with Crippen LogP contribution in [0, 0.1) is 5.92 Å². The minimum atomic E-state index is -0.843. The van der Waals surface area contributed by atoms with E-state index < -0.39 is 29.8 Å². The lowest BCUT2D eigenvalue weighted by Crippen LogP contribution is -2.46. The highest BCUT2D eigenvalue weighted by molar-refractivity contribution is 5.81. The molecule has 28 heavy (non-hydrogen) atoms. The van der Waals surface area contributed by atoms with Gasteiger partial charge in [-0.15, -0.1) is 0 Å². The fourth-order valence-corrected chi connectivity index (χ4v) is 2.49. The Bertz CT molecular complexity index is 635. The molecule has 0 bridgehead atoms. The first kappa shape index (κ1) is 23.6. The Morgan fingerprint density at radius 3 is 1.96 bits per heavy atom. The molecule has 3 atom stereocenters. The number of alkyl carbamates (subject to hydrolysis) is 1. The number of benzene rings is 1. The summed E-state index contributed by atoms with van der Waals surface area (Å²) >= 11 is 0. The molecule has 0 saturated carbocycles. The Balaban J connectivity index is 2.68. The lowest BCUT2D eigenvalue weighted by Gasteiger charge is -2.29. The van der Waals surface area contributed by atoms with Gasteiger partial charge in [0.25, 0.3) is 0 Å². The number of rotatable bonds is 8. The number of ether oxygens (including phenoxy) is 4. The van der Waals surface area contributed by atoms with Gasteiger partial charge < -0.3 is 24.3 Å². The van der Waals surface area contributed by atoms with Crippen LogP contribution in [0.4, 0.5) is 4.79 Å². The van der Waals surface area contributed by atoms with Gasteiger partial charge in [0.05, 0.1) is 7.11 Å². The summed E-state index contributed by atoms with van der Waals surface area (Å²) in [5, 5.41) is 2.49. The van der Waals surface area contributed by atoms with E-state index >= 15 is 0 Å². The summed E-state index contributed by atoms with van der Waals surface area (Å²) in [6.45, 7) is 12.5. The number of carbonyl (C=O) groups is 2. The van der Waals surface area contributed by atoms with Crippen LogP contribution in [0.15, 0.2) is 24.3 Å². The number of carbonyl (C=O) groups excluding carboxylic acids is 2. The maximum Gasteiger partial charge on any atom is 0.408 e. The van der Waals surface area contributed by atoms with Gasteiger partial charge >= 0.3 is 12.1 Å². The van der Waals surface area contributed by atoms with Crippen LogP contribution in [0.3, 0.4) is 0 Å². The van der Waals surface area contributed by atoms with Crippen molar-refractivity contribution in [3.8, 4) is 11.5 Å². The number of nitrogens with one attached hydrogen (secondary N) is 1. The molecule has 0 aromatic heterocycles. The van der Waals surface area contributed by atoms with Crippen LogP contribution in [0.2, 0.25) is 0 Å². The number of hydrogen-bond donors (Lipinski definition) is 1. The monoisotopic (exact) mass is 395 g/mol. The Kier molecular flexibility index (Phi) is 8.60. The maximum atomic E-state index is 12.4. The summed E-state index contributed by atoms with van der Waals surface area (Å²) in [7, 11) is 1.60. The summed E-state index contributed by atoms with van der Waals surface area (Å²) in [5.74, 6) is 0.851. The summed E-state index contributed by atoms with van der Waals surface area (Å²) in [6, 6.07) is 6.34. The smallest absolute Gasteiger partial charge is 0.408 e. The lowest BCUT2D eigenvalue weighted by molar-refractivity contribution is -0.158. The van der Waals surface area contributed by atoms with Crippen LogP contribution in [0.1, 0.15) is 48.5 Å². The zero-order chi connectivity index (χ0) is 21.5. The summed E-state index contributed by atoms with van der Waals surface area (Å²) in [4.78, 5) is 24.3. The van der Waals surface area contributed by atoms with E-state index in [2.05, 4.69) is 5.32 Å². The second-order valence-electron chi connectivity index (χ2n) is 8.01. The molecule has 0 aliphatic rings. The molecule has 1 aromatic carbocycles. The molecule has 0 radical (unpaired) electrons.